The van der Waals surface area contributed by atoms with Crippen LogP contribution in [0.4, 0.5) is 0 Å². The van der Waals surface area contributed by atoms with Gasteiger partial charge >= 0.3 is 0 Å². The molecule has 0 saturated heterocycles. The SMILES string of the molecule is CC(C)(C)n1cc2ccccc2c1. The molecule has 0 fully saturated rings. The van der Waals surface area contributed by atoms with Gasteiger partial charge in [-0.2, -0.15) is 0 Å². The smallest absolute Gasteiger partial charge is 0.0356 e. The van der Waals surface area contributed by atoms with Gasteiger partial charge in [-0.1, -0.05) is 24.3 Å². The first-order chi connectivity index (χ1) is 6.07. The molecule has 1 heteroatoms. The first-order valence-corrected chi connectivity index (χ1v) is 4.64. The molecule has 2 aromatic rings. The Hall–Kier alpha value is -1.24. The molecule has 0 amide bonds. The lowest BCUT2D eigenvalue weighted by Gasteiger charge is -2.20. The van der Waals surface area contributed by atoms with Crippen LogP contribution in [-0.2, 0) is 5.54 Å². The number of hydrogen-bond donors (Lipinski definition) is 0. The molecule has 1 aromatic heterocycles. The fraction of sp³-hybridized carbons (Fsp3) is 0.333. The summed E-state index contributed by atoms with van der Waals surface area (Å²) < 4.78 is 2.26. The molecule has 0 unspecified atom stereocenters. The van der Waals surface area contributed by atoms with Crippen molar-refractivity contribution in [2.45, 2.75) is 26.3 Å². The zero-order valence-electron chi connectivity index (χ0n) is 8.41. The molecule has 0 bridgehead atoms. The normalized spacial score (nSPS) is 12.2. The predicted molar refractivity (Wildman–Crippen MR) is 56.9 cm³/mol. The molecule has 1 heterocycles. The highest BCUT2D eigenvalue weighted by Crippen LogP contribution is 2.21. The largest absolute Gasteiger partial charge is 0.348 e. The van der Waals surface area contributed by atoms with E-state index in [2.05, 4.69) is 62.0 Å². The summed E-state index contributed by atoms with van der Waals surface area (Å²) in [5.74, 6) is 0. The van der Waals surface area contributed by atoms with E-state index in [0.29, 0.717) is 0 Å². The highest BCUT2D eigenvalue weighted by molar-refractivity contribution is 5.82. The maximum absolute atomic E-state index is 2.26. The van der Waals surface area contributed by atoms with E-state index < -0.39 is 0 Å². The Bertz CT molecular complexity index is 385. The lowest BCUT2D eigenvalue weighted by Crippen LogP contribution is -2.19. The summed E-state index contributed by atoms with van der Waals surface area (Å²) in [7, 11) is 0. The van der Waals surface area contributed by atoms with Crippen LogP contribution in [0.25, 0.3) is 10.8 Å². The lowest BCUT2D eigenvalue weighted by molar-refractivity contribution is 0.399. The number of fused-ring (bicyclic) bond motifs is 1. The van der Waals surface area contributed by atoms with Crippen LogP contribution in [0.5, 0.6) is 0 Å². The Balaban J connectivity index is 2.63. The van der Waals surface area contributed by atoms with Gasteiger partial charge in [0, 0.05) is 17.9 Å². The maximum atomic E-state index is 2.26. The molecule has 0 atom stereocenters. The van der Waals surface area contributed by atoms with Crippen molar-refractivity contribution in [2.24, 2.45) is 0 Å². The summed E-state index contributed by atoms with van der Waals surface area (Å²) in [6.45, 7) is 6.64. The van der Waals surface area contributed by atoms with Gasteiger partial charge in [0.15, 0.2) is 0 Å². The van der Waals surface area contributed by atoms with Crippen LogP contribution >= 0.6 is 0 Å². The molecule has 0 radical (unpaired) electrons. The molecule has 0 N–H and O–H groups in total. The Morgan fingerprint density at radius 2 is 1.38 bits per heavy atom. The molecule has 68 valence electrons. The Kier molecular flexibility index (Phi) is 1.69. The molecule has 1 aromatic carbocycles. The zero-order chi connectivity index (χ0) is 9.47. The van der Waals surface area contributed by atoms with Crippen molar-refractivity contribution >= 4 is 10.8 Å². The number of nitrogens with zero attached hydrogens (tertiary/aromatic N) is 1. The Morgan fingerprint density at radius 1 is 0.923 bits per heavy atom. The molecule has 1 nitrogen and oxygen atoms in total. The van der Waals surface area contributed by atoms with Crippen molar-refractivity contribution in [3.8, 4) is 0 Å². The van der Waals surface area contributed by atoms with Gasteiger partial charge in [-0.3, -0.25) is 0 Å². The second kappa shape index (κ2) is 2.63. The average molecular weight is 173 g/mol. The average Bonchev–Trinajstić information content (AvgIpc) is 2.45. The summed E-state index contributed by atoms with van der Waals surface area (Å²) in [5.41, 5.74) is 0.180. The minimum absolute atomic E-state index is 0.180. The quantitative estimate of drug-likeness (QED) is 0.575. The highest BCUT2D eigenvalue weighted by Gasteiger charge is 2.12. The predicted octanol–water partition coefficient (Wildman–Crippen LogP) is 3.40. The highest BCUT2D eigenvalue weighted by atomic mass is 15.0. The van der Waals surface area contributed by atoms with Crippen LogP contribution in [0, 0.1) is 0 Å². The van der Waals surface area contributed by atoms with Crippen LogP contribution < -0.4 is 0 Å². The Labute approximate surface area is 79.0 Å². The van der Waals surface area contributed by atoms with Crippen molar-refractivity contribution < 1.29 is 0 Å². The standard InChI is InChI=1S/C12H15N/c1-12(2,3)13-8-10-6-4-5-7-11(10)9-13/h4-9H,1-3H3. The van der Waals surface area contributed by atoms with Gasteiger partial charge in [0.05, 0.1) is 0 Å². The maximum Gasteiger partial charge on any atom is 0.0356 e. The van der Waals surface area contributed by atoms with Gasteiger partial charge in [-0.05, 0) is 31.5 Å². The molecular formula is C12H15N. The molecule has 0 spiro atoms. The van der Waals surface area contributed by atoms with Crippen molar-refractivity contribution in [1.29, 1.82) is 0 Å². The molecular weight excluding hydrogens is 158 g/mol. The van der Waals surface area contributed by atoms with Gasteiger partial charge < -0.3 is 4.57 Å². The number of benzene rings is 1. The number of rotatable bonds is 0. The van der Waals surface area contributed by atoms with E-state index in [1.165, 1.54) is 10.8 Å². The van der Waals surface area contributed by atoms with Gasteiger partial charge in [0.25, 0.3) is 0 Å². The van der Waals surface area contributed by atoms with E-state index in [0.717, 1.165) is 0 Å². The van der Waals surface area contributed by atoms with Crippen molar-refractivity contribution in [3.05, 3.63) is 36.7 Å². The van der Waals surface area contributed by atoms with E-state index in [1.807, 2.05) is 0 Å². The first-order valence-electron chi connectivity index (χ1n) is 4.64. The molecule has 0 aliphatic heterocycles. The van der Waals surface area contributed by atoms with E-state index >= 15 is 0 Å². The molecule has 0 saturated carbocycles. The van der Waals surface area contributed by atoms with Gasteiger partial charge in [0.1, 0.15) is 0 Å². The molecule has 0 aliphatic carbocycles. The summed E-state index contributed by atoms with van der Waals surface area (Å²) in [6.07, 6.45) is 4.41. The van der Waals surface area contributed by atoms with Crippen molar-refractivity contribution in [1.82, 2.24) is 4.57 Å². The molecule has 13 heavy (non-hydrogen) atoms. The number of aromatic nitrogens is 1. The third kappa shape index (κ3) is 1.46. The second-order valence-corrected chi connectivity index (χ2v) is 4.47. The van der Waals surface area contributed by atoms with Gasteiger partial charge in [0.2, 0.25) is 0 Å². The van der Waals surface area contributed by atoms with Crippen LogP contribution in [-0.4, -0.2) is 4.57 Å². The minimum Gasteiger partial charge on any atom is -0.348 e. The first kappa shape index (κ1) is 8.36. The lowest BCUT2D eigenvalue weighted by atomic mass is 10.1. The van der Waals surface area contributed by atoms with Crippen molar-refractivity contribution in [3.63, 3.8) is 0 Å². The fourth-order valence-electron chi connectivity index (χ4n) is 1.47. The summed E-state index contributed by atoms with van der Waals surface area (Å²) in [6, 6.07) is 8.46. The third-order valence-electron chi connectivity index (χ3n) is 2.33. The van der Waals surface area contributed by atoms with Crippen LogP contribution in [0.15, 0.2) is 36.7 Å². The van der Waals surface area contributed by atoms with Crippen LogP contribution in [0.2, 0.25) is 0 Å². The van der Waals surface area contributed by atoms with E-state index in [9.17, 15) is 0 Å². The summed E-state index contributed by atoms with van der Waals surface area (Å²) in [5, 5.41) is 2.63. The topological polar surface area (TPSA) is 4.93 Å². The van der Waals surface area contributed by atoms with Crippen molar-refractivity contribution in [2.75, 3.05) is 0 Å². The summed E-state index contributed by atoms with van der Waals surface area (Å²) >= 11 is 0. The van der Waals surface area contributed by atoms with Gasteiger partial charge in [-0.25, -0.2) is 0 Å². The number of hydrogen-bond acceptors (Lipinski definition) is 0. The summed E-state index contributed by atoms with van der Waals surface area (Å²) in [4.78, 5) is 0. The second-order valence-electron chi connectivity index (χ2n) is 4.47. The Morgan fingerprint density at radius 3 is 1.77 bits per heavy atom. The molecule has 2 rings (SSSR count). The fourth-order valence-corrected chi connectivity index (χ4v) is 1.47. The minimum atomic E-state index is 0.180. The zero-order valence-corrected chi connectivity index (χ0v) is 8.41. The third-order valence-corrected chi connectivity index (χ3v) is 2.33. The monoisotopic (exact) mass is 173 g/mol. The van der Waals surface area contributed by atoms with E-state index in [1.54, 1.807) is 0 Å². The van der Waals surface area contributed by atoms with E-state index in [4.69, 9.17) is 0 Å². The molecule has 0 aliphatic rings. The van der Waals surface area contributed by atoms with Crippen LogP contribution in [0.3, 0.4) is 0 Å². The van der Waals surface area contributed by atoms with Crippen LogP contribution in [0.1, 0.15) is 20.8 Å². The van der Waals surface area contributed by atoms with E-state index in [-0.39, 0.29) is 5.54 Å². The van der Waals surface area contributed by atoms with Gasteiger partial charge in [-0.15, -0.1) is 0 Å².